The van der Waals surface area contributed by atoms with Crippen LogP contribution in [0.5, 0.6) is 11.5 Å². The molecule has 1 fully saturated rings. The highest BCUT2D eigenvalue weighted by molar-refractivity contribution is 8.18. The van der Waals surface area contributed by atoms with Gasteiger partial charge >= 0.3 is 5.97 Å². The van der Waals surface area contributed by atoms with Crippen LogP contribution in [0, 0.1) is 0 Å². The van der Waals surface area contributed by atoms with Crippen LogP contribution in [0.4, 0.5) is 5.69 Å². The maximum absolute atomic E-state index is 13.5. The molecule has 0 bridgehead atoms. The first-order valence-corrected chi connectivity index (χ1v) is 13.3. The van der Waals surface area contributed by atoms with Gasteiger partial charge in [0.05, 0.1) is 29.8 Å². The Morgan fingerprint density at radius 2 is 1.60 bits per heavy atom. The first-order valence-electron chi connectivity index (χ1n) is 12.5. The molecule has 0 radical (unpaired) electrons. The molecular weight excluding hydrogens is 524 g/mol. The Balaban J connectivity index is 1.37. The average molecular weight is 551 g/mol. The van der Waals surface area contributed by atoms with Crippen LogP contribution in [-0.2, 0) is 17.9 Å². The van der Waals surface area contributed by atoms with Crippen molar-refractivity contribution in [2.24, 2.45) is 4.99 Å². The van der Waals surface area contributed by atoms with Gasteiger partial charge in [0.2, 0.25) is 0 Å². The molecule has 5 rings (SSSR count). The SMILES string of the molecule is COc1cc(/C=C2/SC(=Nc3ccccc3)N(Cc3ccccc3)C2=O)ccc1OCc1ccc(C(=O)O)cc1. The smallest absolute Gasteiger partial charge is 0.335 e. The molecule has 0 unspecified atom stereocenters. The summed E-state index contributed by atoms with van der Waals surface area (Å²) in [5.41, 5.74) is 3.62. The summed E-state index contributed by atoms with van der Waals surface area (Å²) in [6, 6.07) is 31.4. The lowest BCUT2D eigenvalue weighted by molar-refractivity contribution is -0.122. The summed E-state index contributed by atoms with van der Waals surface area (Å²) in [6.45, 7) is 0.665. The van der Waals surface area contributed by atoms with Gasteiger partial charge in [0.25, 0.3) is 5.91 Å². The molecule has 200 valence electrons. The number of amides is 1. The molecule has 8 heteroatoms. The number of carbonyl (C=O) groups is 2. The molecule has 40 heavy (non-hydrogen) atoms. The highest BCUT2D eigenvalue weighted by atomic mass is 32.2. The Morgan fingerprint density at radius 3 is 2.27 bits per heavy atom. The summed E-state index contributed by atoms with van der Waals surface area (Å²) in [5.74, 6) is -0.0345. The topological polar surface area (TPSA) is 88.4 Å². The van der Waals surface area contributed by atoms with Gasteiger partial charge in [-0.1, -0.05) is 66.7 Å². The molecule has 1 amide bonds. The van der Waals surface area contributed by atoms with Crippen molar-refractivity contribution in [2.75, 3.05) is 7.11 Å². The second-order valence-corrected chi connectivity index (χ2v) is 9.93. The number of hydrogen-bond acceptors (Lipinski definition) is 6. The van der Waals surface area contributed by atoms with E-state index >= 15 is 0 Å². The zero-order valence-electron chi connectivity index (χ0n) is 21.7. The van der Waals surface area contributed by atoms with Crippen LogP contribution in [0.3, 0.4) is 0 Å². The van der Waals surface area contributed by atoms with Gasteiger partial charge in [-0.2, -0.15) is 0 Å². The van der Waals surface area contributed by atoms with Crippen molar-refractivity contribution in [3.05, 3.63) is 130 Å². The fourth-order valence-electron chi connectivity index (χ4n) is 4.06. The van der Waals surface area contributed by atoms with Gasteiger partial charge in [-0.15, -0.1) is 0 Å². The van der Waals surface area contributed by atoms with Crippen LogP contribution in [0.25, 0.3) is 6.08 Å². The highest BCUT2D eigenvalue weighted by Gasteiger charge is 2.33. The number of methoxy groups -OCH3 is 1. The molecule has 0 saturated carbocycles. The quantitative estimate of drug-likeness (QED) is 0.231. The van der Waals surface area contributed by atoms with E-state index in [2.05, 4.69) is 0 Å². The van der Waals surface area contributed by atoms with Gasteiger partial charge < -0.3 is 14.6 Å². The number of carboxylic acid groups (broad SMARTS) is 1. The van der Waals surface area contributed by atoms with E-state index in [9.17, 15) is 9.59 Å². The number of nitrogens with zero attached hydrogens (tertiary/aromatic N) is 2. The number of rotatable bonds is 9. The molecular formula is C32H26N2O5S. The molecule has 7 nitrogen and oxygen atoms in total. The minimum Gasteiger partial charge on any atom is -0.493 e. The molecule has 1 aliphatic rings. The van der Waals surface area contributed by atoms with E-state index in [1.54, 1.807) is 42.3 Å². The predicted molar refractivity (Wildman–Crippen MR) is 157 cm³/mol. The molecule has 0 aromatic heterocycles. The molecule has 1 saturated heterocycles. The number of amidine groups is 1. The van der Waals surface area contributed by atoms with Gasteiger partial charge in [0, 0.05) is 0 Å². The van der Waals surface area contributed by atoms with Crippen molar-refractivity contribution >= 4 is 40.6 Å². The molecule has 0 aliphatic carbocycles. The Labute approximate surface area is 236 Å². The van der Waals surface area contributed by atoms with Crippen LogP contribution in [0.1, 0.15) is 27.0 Å². The van der Waals surface area contributed by atoms with E-state index in [1.807, 2.05) is 78.9 Å². The average Bonchev–Trinajstić information content (AvgIpc) is 3.26. The second-order valence-electron chi connectivity index (χ2n) is 8.92. The maximum atomic E-state index is 13.5. The summed E-state index contributed by atoms with van der Waals surface area (Å²) in [6.07, 6.45) is 1.83. The Hall–Kier alpha value is -4.82. The van der Waals surface area contributed by atoms with E-state index in [1.165, 1.54) is 11.8 Å². The third kappa shape index (κ3) is 6.42. The molecule has 4 aromatic carbocycles. The Kier molecular flexibility index (Phi) is 8.27. The summed E-state index contributed by atoms with van der Waals surface area (Å²) >= 11 is 1.34. The number of aromatic carboxylic acids is 1. The monoisotopic (exact) mass is 550 g/mol. The third-order valence-corrected chi connectivity index (χ3v) is 7.14. The van der Waals surface area contributed by atoms with E-state index in [0.717, 1.165) is 22.4 Å². The van der Waals surface area contributed by atoms with Crippen molar-refractivity contribution in [1.82, 2.24) is 4.90 Å². The number of para-hydroxylation sites is 1. The van der Waals surface area contributed by atoms with Crippen molar-refractivity contribution in [3.63, 3.8) is 0 Å². The van der Waals surface area contributed by atoms with Crippen LogP contribution >= 0.6 is 11.8 Å². The molecule has 1 heterocycles. The largest absolute Gasteiger partial charge is 0.493 e. The molecule has 1 aliphatic heterocycles. The van der Waals surface area contributed by atoms with Crippen LogP contribution in [0.2, 0.25) is 0 Å². The minimum absolute atomic E-state index is 0.118. The zero-order chi connectivity index (χ0) is 27.9. The van der Waals surface area contributed by atoms with Crippen LogP contribution in [0.15, 0.2) is 113 Å². The van der Waals surface area contributed by atoms with Crippen molar-refractivity contribution in [3.8, 4) is 11.5 Å². The molecule has 4 aromatic rings. The second kappa shape index (κ2) is 12.4. The predicted octanol–water partition coefficient (Wildman–Crippen LogP) is 6.78. The van der Waals surface area contributed by atoms with Gasteiger partial charge in [-0.25, -0.2) is 9.79 Å². The van der Waals surface area contributed by atoms with E-state index in [-0.39, 0.29) is 18.1 Å². The number of carboxylic acids is 1. The van der Waals surface area contributed by atoms with Crippen molar-refractivity contribution < 1.29 is 24.2 Å². The number of aliphatic imine (C=N–C) groups is 1. The number of benzene rings is 4. The zero-order valence-corrected chi connectivity index (χ0v) is 22.5. The number of hydrogen-bond donors (Lipinski definition) is 1. The maximum Gasteiger partial charge on any atom is 0.335 e. The van der Waals surface area contributed by atoms with Crippen molar-refractivity contribution in [2.45, 2.75) is 13.2 Å². The van der Waals surface area contributed by atoms with Gasteiger partial charge in [0.15, 0.2) is 16.7 Å². The summed E-state index contributed by atoms with van der Waals surface area (Å²) in [5, 5.41) is 9.69. The van der Waals surface area contributed by atoms with Crippen molar-refractivity contribution in [1.29, 1.82) is 0 Å². The first kappa shape index (κ1) is 26.8. The standard InChI is InChI=1S/C32H26N2O5S/c1-38-28-18-24(14-17-27(28)39-21-23-12-15-25(16-13-23)31(36)37)19-29-30(35)34(20-22-8-4-2-5-9-22)32(40-29)33-26-10-6-3-7-11-26/h2-19H,20-21H2,1H3,(H,36,37)/b29-19+,33-32?. The highest BCUT2D eigenvalue weighted by Crippen LogP contribution is 2.37. The lowest BCUT2D eigenvalue weighted by Crippen LogP contribution is -2.28. The summed E-state index contributed by atoms with van der Waals surface area (Å²) in [4.78, 5) is 31.6. The van der Waals surface area contributed by atoms with Gasteiger partial charge in [0.1, 0.15) is 6.61 Å². The molecule has 1 N–H and O–H groups in total. The normalized spacial score (nSPS) is 15.0. The van der Waals surface area contributed by atoms with E-state index in [0.29, 0.717) is 28.1 Å². The number of ether oxygens (including phenoxy) is 2. The Bertz CT molecular complexity index is 1570. The van der Waals surface area contributed by atoms with Crippen LogP contribution < -0.4 is 9.47 Å². The molecule has 0 atom stereocenters. The van der Waals surface area contributed by atoms with E-state index < -0.39 is 5.97 Å². The Morgan fingerprint density at radius 1 is 0.900 bits per heavy atom. The first-order chi connectivity index (χ1) is 19.5. The third-order valence-electron chi connectivity index (χ3n) is 6.13. The number of thioether (sulfide) groups is 1. The van der Waals surface area contributed by atoms with E-state index in [4.69, 9.17) is 19.6 Å². The number of carbonyl (C=O) groups excluding carboxylic acids is 1. The lowest BCUT2D eigenvalue weighted by Gasteiger charge is -2.15. The fraction of sp³-hybridized carbons (Fsp3) is 0.0938. The summed E-state index contributed by atoms with van der Waals surface area (Å²) < 4.78 is 11.5. The minimum atomic E-state index is -0.973. The molecule has 0 spiro atoms. The van der Waals surface area contributed by atoms with Crippen LogP contribution in [-0.4, -0.2) is 34.2 Å². The van der Waals surface area contributed by atoms with Gasteiger partial charge in [-0.3, -0.25) is 9.69 Å². The fourth-order valence-corrected chi connectivity index (χ4v) is 5.06. The van der Waals surface area contributed by atoms with Gasteiger partial charge in [-0.05, 0) is 70.9 Å². The summed E-state index contributed by atoms with van der Waals surface area (Å²) in [7, 11) is 1.56. The lowest BCUT2D eigenvalue weighted by atomic mass is 10.1.